The molecule has 0 bridgehead atoms. The van der Waals surface area contributed by atoms with E-state index in [0.29, 0.717) is 0 Å². The molecule has 1 atom stereocenters. The van der Waals surface area contributed by atoms with E-state index in [1.54, 1.807) is 0 Å². The quantitative estimate of drug-likeness (QED) is 0.486. The van der Waals surface area contributed by atoms with E-state index in [1.807, 2.05) is 12.2 Å². The lowest BCUT2D eigenvalue weighted by atomic mass is 10.0. The van der Waals surface area contributed by atoms with Gasteiger partial charge in [0.05, 0.1) is 0 Å². The molecule has 0 aromatic rings. The van der Waals surface area contributed by atoms with E-state index in [0.717, 1.165) is 19.3 Å². The Kier molecular flexibility index (Phi) is 3.64. The zero-order valence-corrected chi connectivity index (χ0v) is 7.03. The lowest BCUT2D eigenvalue weighted by Crippen LogP contribution is -2.14. The Bertz CT molecular complexity index is 175. The standard InChI is InChI=1S/C9H14O3/c10-9(11)12-8-6-4-2-1-3-5-7-8/h4,6,8H,1-3,5,7H2,(H,10,11)/b6-4+/t8-/m1/s1. The molecule has 0 saturated heterocycles. The minimum absolute atomic E-state index is 0.220. The highest BCUT2D eigenvalue weighted by Crippen LogP contribution is 2.13. The summed E-state index contributed by atoms with van der Waals surface area (Å²) >= 11 is 0. The maximum atomic E-state index is 10.2. The SMILES string of the molecule is O=C(O)O[C@@H]1/C=C/CCCCC1. The third-order valence-corrected chi connectivity index (χ3v) is 1.96. The highest BCUT2D eigenvalue weighted by Gasteiger charge is 2.10. The van der Waals surface area contributed by atoms with Crippen LogP contribution in [0.15, 0.2) is 12.2 Å². The number of carbonyl (C=O) groups is 1. The van der Waals surface area contributed by atoms with Gasteiger partial charge in [-0.1, -0.05) is 12.5 Å². The summed E-state index contributed by atoms with van der Waals surface area (Å²) in [5, 5.41) is 8.37. The van der Waals surface area contributed by atoms with E-state index in [-0.39, 0.29) is 6.10 Å². The van der Waals surface area contributed by atoms with Crippen molar-refractivity contribution < 1.29 is 14.6 Å². The molecular weight excluding hydrogens is 156 g/mol. The molecule has 0 heterocycles. The van der Waals surface area contributed by atoms with Gasteiger partial charge in [0, 0.05) is 0 Å². The van der Waals surface area contributed by atoms with Gasteiger partial charge in [0.1, 0.15) is 6.10 Å². The zero-order valence-electron chi connectivity index (χ0n) is 7.03. The highest BCUT2D eigenvalue weighted by molar-refractivity contribution is 5.57. The molecule has 0 aliphatic heterocycles. The van der Waals surface area contributed by atoms with Gasteiger partial charge in [0.2, 0.25) is 0 Å². The lowest BCUT2D eigenvalue weighted by molar-refractivity contribution is 0.0649. The van der Waals surface area contributed by atoms with Gasteiger partial charge in [0.15, 0.2) is 0 Å². The Labute approximate surface area is 72.0 Å². The van der Waals surface area contributed by atoms with E-state index in [4.69, 9.17) is 5.11 Å². The molecule has 3 heteroatoms. The second-order valence-electron chi connectivity index (χ2n) is 2.99. The average molecular weight is 170 g/mol. The van der Waals surface area contributed by atoms with Crippen LogP contribution in [-0.2, 0) is 4.74 Å². The number of ether oxygens (including phenoxy) is 1. The molecule has 68 valence electrons. The molecule has 12 heavy (non-hydrogen) atoms. The minimum atomic E-state index is -1.18. The number of rotatable bonds is 1. The van der Waals surface area contributed by atoms with Gasteiger partial charge >= 0.3 is 6.16 Å². The Hall–Kier alpha value is -0.990. The second kappa shape index (κ2) is 4.80. The second-order valence-corrected chi connectivity index (χ2v) is 2.99. The normalized spacial score (nSPS) is 26.8. The maximum absolute atomic E-state index is 10.2. The number of allylic oxidation sites excluding steroid dienone is 1. The van der Waals surface area contributed by atoms with Crippen LogP contribution in [0.5, 0.6) is 0 Å². The molecule has 1 aliphatic rings. The lowest BCUT2D eigenvalue weighted by Gasteiger charge is -2.13. The predicted octanol–water partition coefficient (Wildman–Crippen LogP) is 2.57. The van der Waals surface area contributed by atoms with E-state index in [9.17, 15) is 4.79 Å². The van der Waals surface area contributed by atoms with Crippen LogP contribution in [0, 0.1) is 0 Å². The summed E-state index contributed by atoms with van der Waals surface area (Å²) in [6.07, 6.45) is 7.76. The molecule has 1 rings (SSSR count). The fraction of sp³-hybridized carbons (Fsp3) is 0.667. The van der Waals surface area contributed by atoms with Crippen molar-refractivity contribution >= 4 is 6.16 Å². The van der Waals surface area contributed by atoms with Crippen molar-refractivity contribution in [1.29, 1.82) is 0 Å². The first kappa shape index (κ1) is 9.10. The van der Waals surface area contributed by atoms with Gasteiger partial charge in [-0.15, -0.1) is 0 Å². The third-order valence-electron chi connectivity index (χ3n) is 1.96. The molecule has 0 saturated carbocycles. The molecule has 0 spiro atoms. The average Bonchev–Trinajstić information content (AvgIpc) is 1.93. The van der Waals surface area contributed by atoms with Crippen molar-refractivity contribution in [2.75, 3.05) is 0 Å². The van der Waals surface area contributed by atoms with Crippen LogP contribution >= 0.6 is 0 Å². The Morgan fingerprint density at radius 1 is 1.42 bits per heavy atom. The number of carboxylic acid groups (broad SMARTS) is 1. The summed E-state index contributed by atoms with van der Waals surface area (Å²) in [7, 11) is 0. The van der Waals surface area contributed by atoms with Crippen LogP contribution in [0.4, 0.5) is 4.79 Å². The summed E-state index contributed by atoms with van der Waals surface area (Å²) in [6, 6.07) is 0. The van der Waals surface area contributed by atoms with Crippen molar-refractivity contribution in [2.24, 2.45) is 0 Å². The monoisotopic (exact) mass is 170 g/mol. The molecular formula is C9H14O3. The topological polar surface area (TPSA) is 46.5 Å². The first-order valence-electron chi connectivity index (χ1n) is 4.35. The summed E-state index contributed by atoms with van der Waals surface area (Å²) in [6.45, 7) is 0. The largest absolute Gasteiger partial charge is 0.506 e. The molecule has 0 radical (unpaired) electrons. The van der Waals surface area contributed by atoms with Gasteiger partial charge in [0.25, 0.3) is 0 Å². The van der Waals surface area contributed by atoms with Crippen LogP contribution in [-0.4, -0.2) is 17.4 Å². The molecule has 0 unspecified atom stereocenters. The molecule has 1 aliphatic carbocycles. The molecule has 3 nitrogen and oxygen atoms in total. The zero-order chi connectivity index (χ0) is 8.81. The van der Waals surface area contributed by atoms with Gasteiger partial charge in [-0.2, -0.15) is 0 Å². The summed E-state index contributed by atoms with van der Waals surface area (Å²) in [4.78, 5) is 10.2. The van der Waals surface area contributed by atoms with Gasteiger partial charge < -0.3 is 9.84 Å². The van der Waals surface area contributed by atoms with E-state index < -0.39 is 6.16 Å². The van der Waals surface area contributed by atoms with Crippen LogP contribution in [0.25, 0.3) is 0 Å². The summed E-state index contributed by atoms with van der Waals surface area (Å²) < 4.78 is 4.66. The maximum Gasteiger partial charge on any atom is 0.506 e. The van der Waals surface area contributed by atoms with Gasteiger partial charge in [-0.05, 0) is 31.8 Å². The van der Waals surface area contributed by atoms with Gasteiger partial charge in [-0.3, -0.25) is 0 Å². The Morgan fingerprint density at radius 3 is 3.00 bits per heavy atom. The van der Waals surface area contributed by atoms with Crippen molar-refractivity contribution in [3.05, 3.63) is 12.2 Å². The molecule has 0 aromatic carbocycles. The third kappa shape index (κ3) is 3.42. The minimum Gasteiger partial charge on any atom is -0.450 e. The van der Waals surface area contributed by atoms with Crippen LogP contribution in [0.3, 0.4) is 0 Å². The molecule has 0 amide bonds. The van der Waals surface area contributed by atoms with Crippen LogP contribution < -0.4 is 0 Å². The molecule has 1 N–H and O–H groups in total. The van der Waals surface area contributed by atoms with Crippen molar-refractivity contribution in [2.45, 2.75) is 38.2 Å². The summed E-state index contributed by atoms with van der Waals surface area (Å²) in [5.74, 6) is 0. The Balaban J connectivity index is 2.38. The molecule has 0 aromatic heterocycles. The van der Waals surface area contributed by atoms with Crippen molar-refractivity contribution in [3.63, 3.8) is 0 Å². The van der Waals surface area contributed by atoms with Crippen molar-refractivity contribution in [3.8, 4) is 0 Å². The first-order chi connectivity index (χ1) is 5.79. The van der Waals surface area contributed by atoms with Crippen LogP contribution in [0.1, 0.15) is 32.1 Å². The fourth-order valence-corrected chi connectivity index (χ4v) is 1.36. The Morgan fingerprint density at radius 2 is 2.25 bits per heavy atom. The van der Waals surface area contributed by atoms with E-state index in [1.165, 1.54) is 12.8 Å². The smallest absolute Gasteiger partial charge is 0.450 e. The summed E-state index contributed by atoms with van der Waals surface area (Å²) in [5.41, 5.74) is 0. The van der Waals surface area contributed by atoms with Crippen LogP contribution in [0.2, 0.25) is 0 Å². The molecule has 0 fully saturated rings. The van der Waals surface area contributed by atoms with E-state index in [2.05, 4.69) is 4.74 Å². The predicted molar refractivity (Wildman–Crippen MR) is 45.1 cm³/mol. The fourth-order valence-electron chi connectivity index (χ4n) is 1.36. The first-order valence-corrected chi connectivity index (χ1v) is 4.35. The van der Waals surface area contributed by atoms with Crippen molar-refractivity contribution in [1.82, 2.24) is 0 Å². The highest BCUT2D eigenvalue weighted by atomic mass is 16.7. The number of hydrogen-bond acceptors (Lipinski definition) is 2. The number of hydrogen-bond donors (Lipinski definition) is 1. The van der Waals surface area contributed by atoms with Gasteiger partial charge in [-0.25, -0.2) is 4.79 Å². The van der Waals surface area contributed by atoms with E-state index >= 15 is 0 Å².